The molecule has 0 radical (unpaired) electrons. The zero-order valence-corrected chi connectivity index (χ0v) is 13.4. The Bertz CT molecular complexity index is 495. The summed E-state index contributed by atoms with van der Waals surface area (Å²) >= 11 is 3.48. The van der Waals surface area contributed by atoms with Gasteiger partial charge in [-0.25, -0.2) is 0 Å². The fourth-order valence-electron chi connectivity index (χ4n) is 2.64. The van der Waals surface area contributed by atoms with Crippen molar-refractivity contribution in [1.29, 1.82) is 0 Å². The number of non-ortho nitro benzene ring substituents is 1. The van der Waals surface area contributed by atoms with Gasteiger partial charge in [0.1, 0.15) is 0 Å². The number of hydrogen-bond donors (Lipinski definition) is 1. The third-order valence-corrected chi connectivity index (χ3v) is 4.55. The first-order chi connectivity index (χ1) is 9.56. The number of rotatable bonds is 4. The molecule has 0 spiro atoms. The Hall–Kier alpha value is -1.14. The van der Waals surface area contributed by atoms with Gasteiger partial charge in [0.2, 0.25) is 0 Å². The van der Waals surface area contributed by atoms with E-state index in [2.05, 4.69) is 40.0 Å². The van der Waals surface area contributed by atoms with E-state index in [1.165, 1.54) is 0 Å². The molecule has 2 unspecified atom stereocenters. The van der Waals surface area contributed by atoms with Gasteiger partial charge in [-0.2, -0.15) is 0 Å². The molecule has 1 N–H and O–H groups in total. The highest BCUT2D eigenvalue weighted by Gasteiger charge is 2.27. The van der Waals surface area contributed by atoms with Crippen LogP contribution in [0, 0.1) is 10.1 Å². The molecule has 0 aliphatic carbocycles. The minimum Gasteiger partial charge on any atom is -0.365 e. The largest absolute Gasteiger partial charge is 0.365 e. The molecule has 2 atom stereocenters. The normalized spacial score (nSPS) is 22.9. The van der Waals surface area contributed by atoms with Crippen LogP contribution in [0.5, 0.6) is 0 Å². The first-order valence-electron chi connectivity index (χ1n) is 7.00. The standard InChI is InChI=1S/C14H20BrN3O2/c1-3-10-9-17(11(4-2)8-16-10)14-6-5-12(18(19)20)7-13(14)15/h5-7,10-11,16H,3-4,8-9H2,1-2H3. The van der Waals surface area contributed by atoms with Crippen molar-refractivity contribution in [3.63, 3.8) is 0 Å². The average Bonchev–Trinajstić information content (AvgIpc) is 2.46. The van der Waals surface area contributed by atoms with Crippen molar-refractivity contribution in [2.75, 3.05) is 18.0 Å². The monoisotopic (exact) mass is 341 g/mol. The summed E-state index contributed by atoms with van der Waals surface area (Å²) in [6.07, 6.45) is 2.13. The van der Waals surface area contributed by atoms with Crippen LogP contribution in [-0.4, -0.2) is 30.1 Å². The fourth-order valence-corrected chi connectivity index (χ4v) is 3.23. The summed E-state index contributed by atoms with van der Waals surface area (Å²) in [5, 5.41) is 14.4. The third kappa shape index (κ3) is 3.12. The molecule has 1 aliphatic rings. The summed E-state index contributed by atoms with van der Waals surface area (Å²) in [6.45, 7) is 6.24. The molecule has 110 valence electrons. The van der Waals surface area contributed by atoms with Gasteiger partial charge in [0, 0.05) is 41.8 Å². The van der Waals surface area contributed by atoms with Crippen LogP contribution in [0.1, 0.15) is 26.7 Å². The number of piperazine rings is 1. The van der Waals surface area contributed by atoms with E-state index in [1.54, 1.807) is 12.1 Å². The van der Waals surface area contributed by atoms with Crippen molar-refractivity contribution < 1.29 is 4.92 Å². The number of nitrogens with one attached hydrogen (secondary N) is 1. The second-order valence-corrected chi connectivity index (χ2v) is 5.98. The lowest BCUT2D eigenvalue weighted by atomic mass is 10.0. The topological polar surface area (TPSA) is 58.4 Å². The van der Waals surface area contributed by atoms with Gasteiger partial charge in [0.15, 0.2) is 0 Å². The van der Waals surface area contributed by atoms with Crippen molar-refractivity contribution >= 4 is 27.3 Å². The van der Waals surface area contributed by atoms with Crippen LogP contribution in [0.15, 0.2) is 22.7 Å². The van der Waals surface area contributed by atoms with Gasteiger partial charge < -0.3 is 10.2 Å². The molecular weight excluding hydrogens is 322 g/mol. The van der Waals surface area contributed by atoms with Crippen LogP contribution in [-0.2, 0) is 0 Å². The van der Waals surface area contributed by atoms with Gasteiger partial charge in [-0.05, 0) is 34.8 Å². The molecule has 0 aromatic heterocycles. The maximum atomic E-state index is 10.8. The zero-order chi connectivity index (χ0) is 14.7. The van der Waals surface area contributed by atoms with Crippen LogP contribution in [0.2, 0.25) is 0 Å². The lowest BCUT2D eigenvalue weighted by Crippen LogP contribution is -2.56. The van der Waals surface area contributed by atoms with E-state index < -0.39 is 0 Å². The Kier molecular flexibility index (Phi) is 4.99. The van der Waals surface area contributed by atoms with Gasteiger partial charge in [0.05, 0.1) is 10.6 Å². The zero-order valence-electron chi connectivity index (χ0n) is 11.8. The number of benzene rings is 1. The molecular formula is C14H20BrN3O2. The van der Waals surface area contributed by atoms with E-state index in [4.69, 9.17) is 0 Å². The minimum atomic E-state index is -0.363. The Labute approximate surface area is 127 Å². The second-order valence-electron chi connectivity index (χ2n) is 5.12. The van der Waals surface area contributed by atoms with Crippen molar-refractivity contribution in [2.45, 2.75) is 38.8 Å². The molecule has 0 saturated carbocycles. The fraction of sp³-hybridized carbons (Fsp3) is 0.571. The summed E-state index contributed by atoms with van der Waals surface area (Å²) in [7, 11) is 0. The van der Waals surface area contributed by atoms with Crippen LogP contribution < -0.4 is 10.2 Å². The van der Waals surface area contributed by atoms with Crippen molar-refractivity contribution in [3.8, 4) is 0 Å². The van der Waals surface area contributed by atoms with Crippen LogP contribution in [0.25, 0.3) is 0 Å². The molecule has 1 aromatic carbocycles. The second kappa shape index (κ2) is 6.54. The van der Waals surface area contributed by atoms with E-state index in [0.717, 1.165) is 36.1 Å². The number of hydrogen-bond acceptors (Lipinski definition) is 4. The van der Waals surface area contributed by atoms with Gasteiger partial charge in [-0.15, -0.1) is 0 Å². The van der Waals surface area contributed by atoms with Gasteiger partial charge in [-0.3, -0.25) is 10.1 Å². The molecule has 0 amide bonds. The lowest BCUT2D eigenvalue weighted by molar-refractivity contribution is -0.384. The SMILES string of the molecule is CCC1CN(c2ccc([N+](=O)[O-])cc2Br)C(CC)CN1. The quantitative estimate of drug-likeness (QED) is 0.674. The molecule has 20 heavy (non-hydrogen) atoms. The minimum absolute atomic E-state index is 0.121. The first kappa shape index (κ1) is 15.3. The summed E-state index contributed by atoms with van der Waals surface area (Å²) in [6, 6.07) is 5.92. The van der Waals surface area contributed by atoms with Crippen molar-refractivity contribution in [2.24, 2.45) is 0 Å². The highest BCUT2D eigenvalue weighted by Crippen LogP contribution is 2.33. The molecule has 1 aromatic rings. The highest BCUT2D eigenvalue weighted by atomic mass is 79.9. The summed E-state index contributed by atoms with van der Waals surface area (Å²) < 4.78 is 0.793. The third-order valence-electron chi connectivity index (χ3n) is 3.92. The number of anilines is 1. The molecule has 5 nitrogen and oxygen atoms in total. The van der Waals surface area contributed by atoms with E-state index in [1.807, 2.05) is 6.07 Å². The predicted molar refractivity (Wildman–Crippen MR) is 84.3 cm³/mol. The van der Waals surface area contributed by atoms with Crippen molar-refractivity contribution in [3.05, 3.63) is 32.8 Å². The van der Waals surface area contributed by atoms with Crippen LogP contribution in [0.4, 0.5) is 11.4 Å². The summed E-state index contributed by atoms with van der Waals surface area (Å²) in [5.41, 5.74) is 1.17. The van der Waals surface area contributed by atoms with Crippen LogP contribution >= 0.6 is 15.9 Å². The number of nitrogens with zero attached hydrogens (tertiary/aromatic N) is 2. The van der Waals surface area contributed by atoms with Gasteiger partial charge in [-0.1, -0.05) is 13.8 Å². The molecule has 1 fully saturated rings. The van der Waals surface area contributed by atoms with E-state index in [0.29, 0.717) is 12.1 Å². The lowest BCUT2D eigenvalue weighted by Gasteiger charge is -2.42. The first-order valence-corrected chi connectivity index (χ1v) is 7.80. The van der Waals surface area contributed by atoms with Crippen LogP contribution in [0.3, 0.4) is 0 Å². The van der Waals surface area contributed by atoms with E-state index >= 15 is 0 Å². The Morgan fingerprint density at radius 1 is 1.45 bits per heavy atom. The Morgan fingerprint density at radius 2 is 2.20 bits per heavy atom. The van der Waals surface area contributed by atoms with Gasteiger partial charge >= 0.3 is 0 Å². The highest BCUT2D eigenvalue weighted by molar-refractivity contribution is 9.10. The molecule has 2 rings (SSSR count). The maximum absolute atomic E-state index is 10.8. The molecule has 1 heterocycles. The van der Waals surface area contributed by atoms with E-state index in [-0.39, 0.29) is 10.6 Å². The molecule has 1 saturated heterocycles. The molecule has 6 heteroatoms. The summed E-state index contributed by atoms with van der Waals surface area (Å²) in [5.74, 6) is 0. The van der Waals surface area contributed by atoms with Gasteiger partial charge in [0.25, 0.3) is 5.69 Å². The van der Waals surface area contributed by atoms with E-state index in [9.17, 15) is 10.1 Å². The number of nitro benzene ring substituents is 1. The molecule has 1 aliphatic heterocycles. The Morgan fingerprint density at radius 3 is 2.75 bits per heavy atom. The summed E-state index contributed by atoms with van der Waals surface area (Å²) in [4.78, 5) is 12.8. The number of halogens is 1. The number of nitro groups is 1. The molecule has 0 bridgehead atoms. The smallest absolute Gasteiger partial charge is 0.270 e. The maximum Gasteiger partial charge on any atom is 0.270 e. The van der Waals surface area contributed by atoms with Crippen molar-refractivity contribution in [1.82, 2.24) is 5.32 Å². The predicted octanol–water partition coefficient (Wildman–Crippen LogP) is 3.32. The Balaban J connectivity index is 2.29. The average molecular weight is 342 g/mol.